The first-order valence-electron chi connectivity index (χ1n) is 4.21. The Labute approximate surface area is 85.8 Å². The van der Waals surface area contributed by atoms with Crippen LogP contribution in [0.3, 0.4) is 0 Å². The maximum Gasteiger partial charge on any atom is 0.338 e. The Morgan fingerprint density at radius 1 is 1.64 bits per heavy atom. The molecule has 1 aromatic heterocycles. The summed E-state index contributed by atoms with van der Waals surface area (Å²) in [6.45, 7) is 1.83. The first kappa shape index (κ1) is 11.2. The van der Waals surface area contributed by atoms with E-state index in [1.54, 1.807) is 23.8 Å². The number of esters is 1. The van der Waals surface area contributed by atoms with Gasteiger partial charge in [0, 0.05) is 0 Å². The Bertz CT molecular complexity index is 283. The van der Waals surface area contributed by atoms with Crippen LogP contribution in [-0.2, 0) is 9.53 Å². The number of aliphatic hydroxyl groups is 2. The summed E-state index contributed by atoms with van der Waals surface area (Å²) in [5, 5.41) is 22.3. The average Bonchev–Trinajstić information content (AvgIpc) is 2.68. The van der Waals surface area contributed by atoms with Gasteiger partial charge in [0.1, 0.15) is 6.10 Å². The van der Waals surface area contributed by atoms with Crippen molar-refractivity contribution in [2.24, 2.45) is 0 Å². The molecule has 0 saturated carbocycles. The predicted octanol–water partition coefficient (Wildman–Crippen LogP) is 0.706. The molecule has 1 aromatic rings. The van der Waals surface area contributed by atoms with E-state index in [4.69, 9.17) is 0 Å². The number of rotatable bonds is 4. The molecule has 0 saturated heterocycles. The van der Waals surface area contributed by atoms with Gasteiger partial charge in [-0.2, -0.15) is 11.3 Å². The third-order valence-corrected chi connectivity index (χ3v) is 2.41. The minimum absolute atomic E-state index is 0.187. The molecular weight excluding hydrogens is 204 g/mol. The number of hydrogen-bond acceptors (Lipinski definition) is 5. The summed E-state index contributed by atoms with van der Waals surface area (Å²) in [6, 6.07) is 1.65. The lowest BCUT2D eigenvalue weighted by molar-refractivity contribution is -0.159. The summed E-state index contributed by atoms with van der Waals surface area (Å²) >= 11 is 1.39. The number of thiophene rings is 1. The zero-order valence-corrected chi connectivity index (χ0v) is 8.53. The molecule has 0 aliphatic carbocycles. The first-order chi connectivity index (χ1) is 6.66. The molecule has 0 unspecified atom stereocenters. The number of carbonyl (C=O) groups excluding carboxylic acids is 1. The molecule has 1 rings (SSSR count). The molecule has 0 fully saturated rings. The Morgan fingerprint density at radius 3 is 2.86 bits per heavy atom. The van der Waals surface area contributed by atoms with Gasteiger partial charge in [-0.1, -0.05) is 0 Å². The van der Waals surface area contributed by atoms with Crippen molar-refractivity contribution in [2.45, 2.75) is 19.1 Å². The number of carbonyl (C=O) groups is 1. The highest BCUT2D eigenvalue weighted by atomic mass is 32.1. The van der Waals surface area contributed by atoms with Gasteiger partial charge in [-0.3, -0.25) is 0 Å². The molecule has 4 nitrogen and oxygen atoms in total. The summed E-state index contributed by atoms with van der Waals surface area (Å²) in [6.07, 6.45) is -2.72. The van der Waals surface area contributed by atoms with Crippen molar-refractivity contribution < 1.29 is 19.7 Å². The third kappa shape index (κ3) is 2.54. The molecule has 0 amide bonds. The van der Waals surface area contributed by atoms with E-state index in [1.807, 2.05) is 0 Å². The van der Waals surface area contributed by atoms with Crippen LogP contribution in [0.4, 0.5) is 0 Å². The van der Waals surface area contributed by atoms with Crippen LogP contribution in [0, 0.1) is 0 Å². The van der Waals surface area contributed by atoms with Crippen LogP contribution in [-0.4, -0.2) is 28.9 Å². The summed E-state index contributed by atoms with van der Waals surface area (Å²) < 4.78 is 4.58. The zero-order valence-electron chi connectivity index (χ0n) is 7.71. The lowest BCUT2D eigenvalue weighted by Crippen LogP contribution is -2.29. The van der Waals surface area contributed by atoms with Gasteiger partial charge in [0.2, 0.25) is 0 Å². The highest BCUT2D eigenvalue weighted by Crippen LogP contribution is 2.20. The number of hydrogen-bond donors (Lipinski definition) is 2. The van der Waals surface area contributed by atoms with Crippen LogP contribution in [0.25, 0.3) is 0 Å². The number of ether oxygens (including phenoxy) is 1. The highest BCUT2D eigenvalue weighted by Gasteiger charge is 2.26. The fraction of sp³-hybridized carbons (Fsp3) is 0.444. The van der Waals surface area contributed by atoms with E-state index in [2.05, 4.69) is 4.74 Å². The molecule has 2 atom stereocenters. The summed E-state index contributed by atoms with van der Waals surface area (Å²) in [7, 11) is 0. The first-order valence-corrected chi connectivity index (χ1v) is 5.16. The molecule has 78 valence electrons. The van der Waals surface area contributed by atoms with Gasteiger partial charge in [-0.25, -0.2) is 4.79 Å². The maximum atomic E-state index is 11.1. The van der Waals surface area contributed by atoms with E-state index < -0.39 is 18.2 Å². The van der Waals surface area contributed by atoms with E-state index in [1.165, 1.54) is 11.3 Å². The van der Waals surface area contributed by atoms with Crippen molar-refractivity contribution in [1.29, 1.82) is 0 Å². The Balaban J connectivity index is 2.61. The normalized spacial score (nSPS) is 14.8. The Morgan fingerprint density at radius 2 is 2.36 bits per heavy atom. The van der Waals surface area contributed by atoms with Crippen LogP contribution in [0.5, 0.6) is 0 Å². The van der Waals surface area contributed by atoms with Gasteiger partial charge in [-0.15, -0.1) is 0 Å². The molecule has 0 aliphatic rings. The van der Waals surface area contributed by atoms with Crippen LogP contribution in [0.15, 0.2) is 16.8 Å². The largest absolute Gasteiger partial charge is 0.464 e. The molecule has 0 aliphatic heterocycles. The standard InChI is InChI=1S/C9H12O4S/c1-2-13-9(12)8(11)7(10)6-3-4-14-5-6/h3-5,7-8,10-11H,2H2,1H3/t7-,8+/m0/s1. The quantitative estimate of drug-likeness (QED) is 0.727. The van der Waals surface area contributed by atoms with Gasteiger partial charge in [0.15, 0.2) is 6.10 Å². The molecule has 1 heterocycles. The van der Waals surface area contributed by atoms with Gasteiger partial charge in [0.05, 0.1) is 6.61 Å². The highest BCUT2D eigenvalue weighted by molar-refractivity contribution is 7.07. The van der Waals surface area contributed by atoms with E-state index in [-0.39, 0.29) is 6.61 Å². The minimum atomic E-state index is -1.51. The Hall–Kier alpha value is -0.910. The van der Waals surface area contributed by atoms with Gasteiger partial charge in [-0.05, 0) is 29.3 Å². The summed E-state index contributed by atoms with van der Waals surface area (Å²) in [5.74, 6) is -0.800. The molecule has 0 bridgehead atoms. The molecule has 14 heavy (non-hydrogen) atoms. The van der Waals surface area contributed by atoms with Crippen molar-refractivity contribution in [3.05, 3.63) is 22.4 Å². The van der Waals surface area contributed by atoms with Crippen LogP contribution in [0.1, 0.15) is 18.6 Å². The monoisotopic (exact) mass is 216 g/mol. The van der Waals surface area contributed by atoms with E-state index in [0.29, 0.717) is 5.56 Å². The molecular formula is C9H12O4S. The maximum absolute atomic E-state index is 11.1. The fourth-order valence-electron chi connectivity index (χ4n) is 0.982. The topological polar surface area (TPSA) is 66.8 Å². The zero-order chi connectivity index (χ0) is 10.6. The smallest absolute Gasteiger partial charge is 0.338 e. The minimum Gasteiger partial charge on any atom is -0.464 e. The average molecular weight is 216 g/mol. The molecule has 2 N–H and O–H groups in total. The van der Waals surface area contributed by atoms with Gasteiger partial charge in [0.25, 0.3) is 0 Å². The third-order valence-electron chi connectivity index (χ3n) is 1.71. The molecule has 5 heteroatoms. The number of aliphatic hydroxyl groups excluding tert-OH is 2. The SMILES string of the molecule is CCOC(=O)[C@H](O)[C@@H](O)c1ccsc1. The Kier molecular flexibility index (Phi) is 4.06. The lowest BCUT2D eigenvalue weighted by atomic mass is 10.1. The van der Waals surface area contributed by atoms with Crippen molar-refractivity contribution in [2.75, 3.05) is 6.61 Å². The second-order valence-electron chi connectivity index (χ2n) is 2.70. The van der Waals surface area contributed by atoms with Crippen molar-refractivity contribution >= 4 is 17.3 Å². The van der Waals surface area contributed by atoms with Gasteiger partial charge >= 0.3 is 5.97 Å². The molecule has 0 radical (unpaired) electrons. The summed E-state index contributed by atoms with van der Waals surface area (Å²) in [5.41, 5.74) is 0.524. The van der Waals surface area contributed by atoms with Crippen LogP contribution < -0.4 is 0 Å². The van der Waals surface area contributed by atoms with E-state index in [9.17, 15) is 15.0 Å². The van der Waals surface area contributed by atoms with Gasteiger partial charge < -0.3 is 14.9 Å². The second-order valence-corrected chi connectivity index (χ2v) is 3.48. The van der Waals surface area contributed by atoms with Crippen molar-refractivity contribution in [3.8, 4) is 0 Å². The van der Waals surface area contributed by atoms with Crippen molar-refractivity contribution in [3.63, 3.8) is 0 Å². The van der Waals surface area contributed by atoms with Crippen molar-refractivity contribution in [1.82, 2.24) is 0 Å². The fourth-order valence-corrected chi connectivity index (χ4v) is 1.67. The van der Waals surface area contributed by atoms with Crippen LogP contribution >= 0.6 is 11.3 Å². The second kappa shape index (κ2) is 5.09. The van der Waals surface area contributed by atoms with Crippen LogP contribution in [0.2, 0.25) is 0 Å². The molecule has 0 aromatic carbocycles. The molecule has 0 spiro atoms. The predicted molar refractivity (Wildman–Crippen MR) is 51.9 cm³/mol. The summed E-state index contributed by atoms with van der Waals surface area (Å²) in [4.78, 5) is 11.1. The van der Waals surface area contributed by atoms with E-state index in [0.717, 1.165) is 0 Å². The van der Waals surface area contributed by atoms with E-state index >= 15 is 0 Å². The lowest BCUT2D eigenvalue weighted by Gasteiger charge is -2.14.